The molecule has 1 N–H and O–H groups in total. The number of nitrogens with one attached hydrogen (secondary N) is 1. The summed E-state index contributed by atoms with van der Waals surface area (Å²) < 4.78 is 33.1. The lowest BCUT2D eigenvalue weighted by molar-refractivity contribution is 0.0773. The number of benzene rings is 3. The van der Waals surface area contributed by atoms with E-state index in [0.717, 1.165) is 0 Å². The molecule has 3 aromatic carbocycles. The molecule has 0 heterocycles. The molecule has 0 saturated carbocycles. The second-order valence-corrected chi connectivity index (χ2v) is 8.64. The Morgan fingerprint density at radius 1 is 0.967 bits per heavy atom. The summed E-state index contributed by atoms with van der Waals surface area (Å²) in [6.45, 7) is 0.689. The Morgan fingerprint density at radius 3 is 2.23 bits per heavy atom. The number of hydrogen-bond donors (Lipinski definition) is 1. The van der Waals surface area contributed by atoms with E-state index in [1.807, 2.05) is 0 Å². The molecule has 30 heavy (non-hydrogen) atoms. The Kier molecular flexibility index (Phi) is 6.97. The minimum atomic E-state index is -3.73. The third-order valence-electron chi connectivity index (χ3n) is 4.29. The van der Waals surface area contributed by atoms with Gasteiger partial charge in [-0.3, -0.25) is 9.52 Å². The molecular formula is C22H21ClN2O4S. The third-order valence-corrected chi connectivity index (χ3v) is 5.94. The van der Waals surface area contributed by atoms with Crippen molar-refractivity contribution in [1.82, 2.24) is 4.90 Å². The van der Waals surface area contributed by atoms with Crippen LogP contribution in [0.15, 0.2) is 83.8 Å². The van der Waals surface area contributed by atoms with Crippen LogP contribution in [0, 0.1) is 0 Å². The lowest BCUT2D eigenvalue weighted by Crippen LogP contribution is -2.30. The van der Waals surface area contributed by atoms with Crippen molar-refractivity contribution in [3.63, 3.8) is 0 Å². The first-order valence-electron chi connectivity index (χ1n) is 9.17. The monoisotopic (exact) mass is 444 g/mol. The van der Waals surface area contributed by atoms with Crippen LogP contribution in [-0.2, 0) is 10.0 Å². The van der Waals surface area contributed by atoms with Crippen LogP contribution < -0.4 is 9.46 Å². The summed E-state index contributed by atoms with van der Waals surface area (Å²) >= 11 is 5.84. The Balaban J connectivity index is 1.57. The Morgan fingerprint density at radius 2 is 1.60 bits per heavy atom. The molecule has 0 aliphatic rings. The standard InChI is InChI=1S/C22H21ClN2O4S/c1-25(15-16-29-20-11-9-18(23)10-12-20)22(26)17-7-13-21(14-8-17)30(27,28)24-19-5-3-2-4-6-19/h2-14,24H,15-16H2,1H3. The molecule has 0 aliphatic heterocycles. The molecule has 0 aliphatic carbocycles. The molecule has 0 saturated heterocycles. The van der Waals surface area contributed by atoms with Crippen LogP contribution in [-0.4, -0.2) is 39.4 Å². The normalized spacial score (nSPS) is 11.0. The summed E-state index contributed by atoms with van der Waals surface area (Å²) in [5.41, 5.74) is 0.862. The van der Waals surface area contributed by atoms with Crippen LogP contribution in [0.4, 0.5) is 5.69 Å². The lowest BCUT2D eigenvalue weighted by atomic mass is 10.2. The first kappa shape index (κ1) is 21.7. The fourth-order valence-electron chi connectivity index (χ4n) is 2.65. The highest BCUT2D eigenvalue weighted by Gasteiger charge is 2.16. The van der Waals surface area contributed by atoms with Crippen molar-refractivity contribution in [2.45, 2.75) is 4.90 Å². The second-order valence-electron chi connectivity index (χ2n) is 6.52. The molecule has 3 aromatic rings. The van der Waals surface area contributed by atoms with Gasteiger partial charge in [-0.05, 0) is 60.7 Å². The van der Waals surface area contributed by atoms with Crippen molar-refractivity contribution in [2.24, 2.45) is 0 Å². The molecule has 0 radical (unpaired) electrons. The van der Waals surface area contributed by atoms with Gasteiger partial charge in [0.1, 0.15) is 12.4 Å². The maximum absolute atomic E-state index is 12.6. The summed E-state index contributed by atoms with van der Waals surface area (Å²) in [5.74, 6) is 0.440. The molecule has 3 rings (SSSR count). The van der Waals surface area contributed by atoms with E-state index in [0.29, 0.717) is 35.2 Å². The number of carbonyl (C=O) groups is 1. The Hall–Kier alpha value is -3.03. The van der Waals surface area contributed by atoms with Crippen LogP contribution in [0.5, 0.6) is 5.75 Å². The summed E-state index contributed by atoms with van der Waals surface area (Å²) in [5, 5.41) is 0.624. The predicted molar refractivity (Wildman–Crippen MR) is 118 cm³/mol. The number of hydrogen-bond acceptors (Lipinski definition) is 4. The fourth-order valence-corrected chi connectivity index (χ4v) is 3.83. The maximum atomic E-state index is 12.6. The van der Waals surface area contributed by atoms with Crippen molar-refractivity contribution in [1.29, 1.82) is 0 Å². The van der Waals surface area contributed by atoms with Gasteiger partial charge in [0.15, 0.2) is 0 Å². The lowest BCUT2D eigenvalue weighted by Gasteiger charge is -2.18. The van der Waals surface area contributed by atoms with E-state index in [1.54, 1.807) is 61.6 Å². The average Bonchev–Trinajstić information content (AvgIpc) is 2.75. The molecule has 0 atom stereocenters. The molecule has 6 nitrogen and oxygen atoms in total. The van der Waals surface area contributed by atoms with Crippen LogP contribution in [0.1, 0.15) is 10.4 Å². The SMILES string of the molecule is CN(CCOc1ccc(Cl)cc1)C(=O)c1ccc(S(=O)(=O)Nc2ccccc2)cc1. The van der Waals surface area contributed by atoms with Crippen LogP contribution in [0.3, 0.4) is 0 Å². The Labute approximate surface area is 181 Å². The highest BCUT2D eigenvalue weighted by atomic mass is 35.5. The van der Waals surface area contributed by atoms with Crippen molar-refractivity contribution in [3.05, 3.63) is 89.4 Å². The number of ether oxygens (including phenoxy) is 1. The first-order valence-corrected chi connectivity index (χ1v) is 11.0. The maximum Gasteiger partial charge on any atom is 0.261 e. The van der Waals surface area contributed by atoms with E-state index in [2.05, 4.69) is 4.72 Å². The van der Waals surface area contributed by atoms with Crippen molar-refractivity contribution in [3.8, 4) is 5.75 Å². The highest BCUT2D eigenvalue weighted by Crippen LogP contribution is 2.17. The summed E-state index contributed by atoms with van der Waals surface area (Å²) in [4.78, 5) is 14.2. The quantitative estimate of drug-likeness (QED) is 0.562. The molecule has 0 spiro atoms. The predicted octanol–water partition coefficient (Wildman–Crippen LogP) is 4.29. The van der Waals surface area contributed by atoms with Crippen molar-refractivity contribution >= 4 is 33.2 Å². The van der Waals surface area contributed by atoms with E-state index >= 15 is 0 Å². The summed E-state index contributed by atoms with van der Waals surface area (Å²) in [7, 11) is -2.07. The van der Waals surface area contributed by atoms with Gasteiger partial charge in [0.25, 0.3) is 15.9 Å². The molecule has 0 unspecified atom stereocenters. The van der Waals surface area contributed by atoms with Gasteiger partial charge in [0, 0.05) is 23.3 Å². The topological polar surface area (TPSA) is 75.7 Å². The first-order chi connectivity index (χ1) is 14.3. The number of carbonyl (C=O) groups excluding carboxylic acids is 1. The third kappa shape index (κ3) is 5.75. The van der Waals surface area contributed by atoms with E-state index in [4.69, 9.17) is 16.3 Å². The van der Waals surface area contributed by atoms with E-state index < -0.39 is 10.0 Å². The van der Waals surface area contributed by atoms with Gasteiger partial charge in [-0.1, -0.05) is 29.8 Å². The number of sulfonamides is 1. The van der Waals surface area contributed by atoms with Gasteiger partial charge >= 0.3 is 0 Å². The minimum Gasteiger partial charge on any atom is -0.492 e. The van der Waals surface area contributed by atoms with E-state index in [-0.39, 0.29) is 10.8 Å². The van der Waals surface area contributed by atoms with Gasteiger partial charge in [-0.2, -0.15) is 0 Å². The number of halogens is 1. The molecule has 0 bridgehead atoms. The number of likely N-dealkylation sites (N-methyl/N-ethyl adjacent to an activating group) is 1. The van der Waals surface area contributed by atoms with Gasteiger partial charge in [-0.15, -0.1) is 0 Å². The molecular weight excluding hydrogens is 424 g/mol. The zero-order chi connectivity index (χ0) is 21.6. The van der Waals surface area contributed by atoms with Crippen molar-refractivity contribution in [2.75, 3.05) is 24.9 Å². The van der Waals surface area contributed by atoms with Crippen LogP contribution >= 0.6 is 11.6 Å². The van der Waals surface area contributed by atoms with Crippen molar-refractivity contribution < 1.29 is 17.9 Å². The van der Waals surface area contributed by atoms with Crippen LogP contribution in [0.2, 0.25) is 5.02 Å². The van der Waals surface area contributed by atoms with E-state index in [1.165, 1.54) is 29.2 Å². The number of rotatable bonds is 8. The number of amides is 1. The smallest absolute Gasteiger partial charge is 0.261 e. The fraction of sp³-hybridized carbons (Fsp3) is 0.136. The zero-order valence-corrected chi connectivity index (χ0v) is 17.9. The number of para-hydroxylation sites is 1. The summed E-state index contributed by atoms with van der Waals surface area (Å²) in [6, 6.07) is 21.4. The average molecular weight is 445 g/mol. The Bertz CT molecular complexity index is 1090. The highest BCUT2D eigenvalue weighted by molar-refractivity contribution is 7.92. The number of anilines is 1. The molecule has 8 heteroatoms. The van der Waals surface area contributed by atoms with Gasteiger partial charge in [-0.25, -0.2) is 8.42 Å². The molecule has 0 fully saturated rings. The second kappa shape index (κ2) is 9.65. The molecule has 1 amide bonds. The molecule has 0 aromatic heterocycles. The van der Waals surface area contributed by atoms with Gasteiger partial charge < -0.3 is 9.64 Å². The van der Waals surface area contributed by atoms with Crippen LogP contribution in [0.25, 0.3) is 0 Å². The van der Waals surface area contributed by atoms with Gasteiger partial charge in [0.05, 0.1) is 11.4 Å². The minimum absolute atomic E-state index is 0.0802. The molecule has 156 valence electrons. The largest absolute Gasteiger partial charge is 0.492 e. The van der Waals surface area contributed by atoms with E-state index in [9.17, 15) is 13.2 Å². The number of nitrogens with zero attached hydrogens (tertiary/aromatic N) is 1. The summed E-state index contributed by atoms with van der Waals surface area (Å²) in [6.07, 6.45) is 0. The van der Waals surface area contributed by atoms with Gasteiger partial charge in [0.2, 0.25) is 0 Å². The zero-order valence-electron chi connectivity index (χ0n) is 16.3.